The smallest absolute Gasteiger partial charge is 0.0478 e. The molecule has 3 heterocycles. The number of rotatable bonds is 2. The Morgan fingerprint density at radius 3 is 1.89 bits per heavy atom. The first-order chi connectivity index (χ1) is 8.63. The lowest BCUT2D eigenvalue weighted by molar-refractivity contribution is 1.53. The van der Waals surface area contributed by atoms with Crippen molar-refractivity contribution in [3.63, 3.8) is 0 Å². The van der Waals surface area contributed by atoms with Gasteiger partial charge >= 0.3 is 0 Å². The normalized spacial score (nSPS) is 11.1. The third-order valence-electron chi connectivity index (χ3n) is 2.85. The van der Waals surface area contributed by atoms with Crippen LogP contribution in [0.25, 0.3) is 19.5 Å². The van der Waals surface area contributed by atoms with Crippen LogP contribution in [0.15, 0.2) is 29.0 Å². The van der Waals surface area contributed by atoms with Crippen molar-refractivity contribution in [2.45, 2.75) is 20.8 Å². The molecule has 0 nitrogen and oxygen atoms in total. The van der Waals surface area contributed by atoms with Crippen molar-refractivity contribution in [2.24, 2.45) is 0 Å². The van der Waals surface area contributed by atoms with E-state index in [1.807, 2.05) is 34.0 Å². The van der Waals surface area contributed by atoms with E-state index in [2.05, 4.69) is 49.7 Å². The van der Waals surface area contributed by atoms with Gasteiger partial charge in [-0.1, -0.05) is 0 Å². The minimum Gasteiger partial charge on any atom is -0.143 e. The Morgan fingerprint density at radius 2 is 1.33 bits per heavy atom. The average molecular weight is 290 g/mol. The maximum absolute atomic E-state index is 2.32. The fourth-order valence-electron chi connectivity index (χ4n) is 1.96. The third kappa shape index (κ3) is 2.18. The minimum absolute atomic E-state index is 1.36. The van der Waals surface area contributed by atoms with Gasteiger partial charge in [-0.25, -0.2) is 0 Å². The monoisotopic (exact) mass is 290 g/mol. The van der Waals surface area contributed by atoms with Crippen LogP contribution in [0, 0.1) is 20.8 Å². The predicted molar refractivity (Wildman–Crippen MR) is 85.2 cm³/mol. The summed E-state index contributed by atoms with van der Waals surface area (Å²) in [5, 5.41) is 4.45. The SMILES string of the molecule is Cc1csc(-c2cc(C)c(-c3cc(C)cs3)s2)c1. The molecule has 0 unspecified atom stereocenters. The second kappa shape index (κ2) is 4.65. The minimum atomic E-state index is 1.36. The molecular weight excluding hydrogens is 276 g/mol. The van der Waals surface area contributed by atoms with Gasteiger partial charge in [0.25, 0.3) is 0 Å². The zero-order valence-corrected chi connectivity index (χ0v) is 13.1. The fraction of sp³-hybridized carbons (Fsp3) is 0.200. The van der Waals surface area contributed by atoms with Gasteiger partial charge < -0.3 is 0 Å². The second-order valence-electron chi connectivity index (χ2n) is 4.60. The molecule has 0 amide bonds. The van der Waals surface area contributed by atoms with Crippen LogP contribution in [0.3, 0.4) is 0 Å². The molecule has 3 aromatic heterocycles. The average Bonchev–Trinajstić information content (AvgIpc) is 2.99. The summed E-state index contributed by atoms with van der Waals surface area (Å²) < 4.78 is 0. The Bertz CT molecular complexity index is 682. The maximum Gasteiger partial charge on any atom is 0.0478 e. The molecule has 0 spiro atoms. The predicted octanol–water partition coefficient (Wildman–Crippen LogP) is 6.13. The van der Waals surface area contributed by atoms with Gasteiger partial charge in [-0.05, 0) is 66.4 Å². The number of aryl methyl sites for hydroxylation is 3. The summed E-state index contributed by atoms with van der Waals surface area (Å²) in [6, 6.07) is 6.88. The summed E-state index contributed by atoms with van der Waals surface area (Å²) >= 11 is 5.60. The van der Waals surface area contributed by atoms with Gasteiger partial charge in [-0.2, -0.15) is 0 Å². The molecular formula is C15H14S3. The van der Waals surface area contributed by atoms with Gasteiger partial charge in [0.15, 0.2) is 0 Å². The van der Waals surface area contributed by atoms with Crippen LogP contribution >= 0.6 is 34.0 Å². The highest BCUT2D eigenvalue weighted by atomic mass is 32.1. The molecule has 0 saturated heterocycles. The molecule has 0 aliphatic carbocycles. The molecule has 0 fully saturated rings. The Morgan fingerprint density at radius 1 is 0.722 bits per heavy atom. The molecule has 3 rings (SSSR count). The quantitative estimate of drug-likeness (QED) is 0.532. The van der Waals surface area contributed by atoms with Crippen molar-refractivity contribution in [1.29, 1.82) is 0 Å². The molecule has 0 aromatic carbocycles. The van der Waals surface area contributed by atoms with Gasteiger partial charge in [0.2, 0.25) is 0 Å². The van der Waals surface area contributed by atoms with E-state index < -0.39 is 0 Å². The lowest BCUT2D eigenvalue weighted by Gasteiger charge is -1.92. The van der Waals surface area contributed by atoms with Crippen LogP contribution < -0.4 is 0 Å². The number of hydrogen-bond donors (Lipinski definition) is 0. The topological polar surface area (TPSA) is 0 Å². The molecule has 92 valence electrons. The van der Waals surface area contributed by atoms with Crippen molar-refractivity contribution in [1.82, 2.24) is 0 Å². The Balaban J connectivity index is 2.06. The third-order valence-corrected chi connectivity index (χ3v) is 6.55. The van der Waals surface area contributed by atoms with Crippen LogP contribution in [0.1, 0.15) is 16.7 Å². The lowest BCUT2D eigenvalue weighted by atomic mass is 10.2. The molecule has 0 bridgehead atoms. The highest BCUT2D eigenvalue weighted by Gasteiger charge is 2.11. The van der Waals surface area contributed by atoms with Crippen LogP contribution in [-0.2, 0) is 0 Å². The Hall–Kier alpha value is -0.900. The summed E-state index contributed by atoms with van der Waals surface area (Å²) in [6.07, 6.45) is 0. The molecule has 0 N–H and O–H groups in total. The van der Waals surface area contributed by atoms with Crippen LogP contribution in [-0.4, -0.2) is 0 Å². The number of hydrogen-bond acceptors (Lipinski definition) is 3. The van der Waals surface area contributed by atoms with E-state index in [9.17, 15) is 0 Å². The van der Waals surface area contributed by atoms with Crippen molar-refractivity contribution in [2.75, 3.05) is 0 Å². The van der Waals surface area contributed by atoms with Gasteiger partial charge in [0.05, 0.1) is 0 Å². The first-order valence-corrected chi connectivity index (χ1v) is 8.42. The molecule has 0 aliphatic rings. The zero-order valence-electron chi connectivity index (χ0n) is 10.6. The molecule has 0 radical (unpaired) electrons. The molecule has 3 aromatic rings. The van der Waals surface area contributed by atoms with Gasteiger partial charge in [0.1, 0.15) is 0 Å². The lowest BCUT2D eigenvalue weighted by Crippen LogP contribution is -1.67. The van der Waals surface area contributed by atoms with Crippen LogP contribution in [0.2, 0.25) is 0 Å². The van der Waals surface area contributed by atoms with E-state index in [1.165, 1.54) is 36.2 Å². The first kappa shape index (κ1) is 12.2. The van der Waals surface area contributed by atoms with Crippen LogP contribution in [0.5, 0.6) is 0 Å². The van der Waals surface area contributed by atoms with Crippen LogP contribution in [0.4, 0.5) is 0 Å². The van der Waals surface area contributed by atoms with Gasteiger partial charge in [0, 0.05) is 19.5 Å². The zero-order chi connectivity index (χ0) is 12.7. The van der Waals surface area contributed by atoms with Crippen molar-refractivity contribution < 1.29 is 0 Å². The summed E-state index contributed by atoms with van der Waals surface area (Å²) in [4.78, 5) is 5.61. The Labute approximate surface area is 120 Å². The van der Waals surface area contributed by atoms with E-state index in [0.29, 0.717) is 0 Å². The summed E-state index contributed by atoms with van der Waals surface area (Å²) in [7, 11) is 0. The van der Waals surface area contributed by atoms with E-state index in [-0.39, 0.29) is 0 Å². The highest BCUT2D eigenvalue weighted by Crippen LogP contribution is 2.41. The van der Waals surface area contributed by atoms with Crippen molar-refractivity contribution in [3.8, 4) is 19.5 Å². The fourth-order valence-corrected chi connectivity index (χ4v) is 5.20. The molecule has 18 heavy (non-hydrogen) atoms. The standard InChI is InChI=1S/C15H14S3/c1-9-4-12(16-7-9)13-6-11(3)15(18-13)14-5-10(2)8-17-14/h4-8H,1-3H3. The van der Waals surface area contributed by atoms with Crippen molar-refractivity contribution >= 4 is 34.0 Å². The molecule has 0 atom stereocenters. The van der Waals surface area contributed by atoms with E-state index in [0.717, 1.165) is 0 Å². The van der Waals surface area contributed by atoms with Gasteiger partial charge in [-0.15, -0.1) is 34.0 Å². The maximum atomic E-state index is 2.32. The summed E-state index contributed by atoms with van der Waals surface area (Å²) in [5.41, 5.74) is 4.11. The number of thiophene rings is 3. The van der Waals surface area contributed by atoms with E-state index in [1.54, 1.807) is 0 Å². The largest absolute Gasteiger partial charge is 0.143 e. The first-order valence-electron chi connectivity index (χ1n) is 5.85. The van der Waals surface area contributed by atoms with E-state index in [4.69, 9.17) is 0 Å². The van der Waals surface area contributed by atoms with E-state index >= 15 is 0 Å². The second-order valence-corrected chi connectivity index (χ2v) is 7.47. The highest BCUT2D eigenvalue weighted by molar-refractivity contribution is 7.26. The van der Waals surface area contributed by atoms with Crippen molar-refractivity contribution in [3.05, 3.63) is 45.6 Å². The van der Waals surface area contributed by atoms with Gasteiger partial charge in [-0.3, -0.25) is 0 Å². The molecule has 0 aliphatic heterocycles. The Kier molecular flexibility index (Phi) is 3.14. The summed E-state index contributed by atoms with van der Waals surface area (Å²) in [5.74, 6) is 0. The molecule has 0 saturated carbocycles. The summed E-state index contributed by atoms with van der Waals surface area (Å²) in [6.45, 7) is 6.53. The molecule has 3 heteroatoms.